The second kappa shape index (κ2) is 5.89. The Kier molecular flexibility index (Phi) is 3.94. The maximum atomic E-state index is 6.13. The summed E-state index contributed by atoms with van der Waals surface area (Å²) in [6.45, 7) is 6.25. The van der Waals surface area contributed by atoms with Gasteiger partial charge in [-0.05, 0) is 42.7 Å². The van der Waals surface area contributed by atoms with E-state index in [0.29, 0.717) is 10.7 Å². The van der Waals surface area contributed by atoms with Gasteiger partial charge in [-0.2, -0.15) is 0 Å². The fourth-order valence-electron chi connectivity index (χ4n) is 2.27. The molecule has 0 aliphatic carbocycles. The molecule has 4 nitrogen and oxygen atoms in total. The topological polar surface area (TPSA) is 42.0 Å². The fourth-order valence-corrected chi connectivity index (χ4v) is 2.45. The quantitative estimate of drug-likeness (QED) is 0.560. The molecule has 0 aliphatic heterocycles. The van der Waals surface area contributed by atoms with Gasteiger partial charge >= 0.3 is 0 Å². The van der Waals surface area contributed by atoms with Crippen molar-refractivity contribution in [3.05, 3.63) is 58.9 Å². The van der Waals surface area contributed by atoms with Crippen molar-refractivity contribution >= 4 is 28.8 Å². The summed E-state index contributed by atoms with van der Waals surface area (Å²) in [6, 6.07) is 11.5. The number of fused-ring (bicyclic) bond motifs is 1. The Labute approximate surface area is 134 Å². The molecule has 0 bridgehead atoms. The van der Waals surface area contributed by atoms with Crippen LogP contribution >= 0.6 is 11.6 Å². The van der Waals surface area contributed by atoms with Crippen LogP contribution in [-0.4, -0.2) is 9.38 Å². The lowest BCUT2D eigenvalue weighted by molar-refractivity contribution is 0.831. The molecule has 2 aromatic heterocycles. The van der Waals surface area contributed by atoms with Gasteiger partial charge in [0, 0.05) is 6.20 Å². The minimum absolute atomic E-state index is 0.264. The molecule has 1 aromatic carbocycles. The summed E-state index contributed by atoms with van der Waals surface area (Å²) in [6.07, 6.45) is 1.98. The van der Waals surface area contributed by atoms with Gasteiger partial charge in [0.25, 0.3) is 0 Å². The van der Waals surface area contributed by atoms with E-state index in [1.54, 1.807) is 6.07 Å². The Morgan fingerprint density at radius 2 is 1.91 bits per heavy atom. The Morgan fingerprint density at radius 1 is 1.14 bits per heavy atom. The Balaban J connectivity index is 2.13. The SMILES string of the molecule is Cc1ccn2c(N=Nc3ccccc3Cl)c(C(C)C)nc2c1. The van der Waals surface area contributed by atoms with Crippen molar-refractivity contribution in [1.29, 1.82) is 0 Å². The molecule has 0 radical (unpaired) electrons. The van der Waals surface area contributed by atoms with Crippen LogP contribution in [0.15, 0.2) is 52.8 Å². The highest BCUT2D eigenvalue weighted by Crippen LogP contribution is 2.31. The molecule has 0 fully saturated rings. The first-order valence-corrected chi connectivity index (χ1v) is 7.59. The van der Waals surface area contributed by atoms with Crippen LogP contribution in [0.25, 0.3) is 5.65 Å². The Hall–Kier alpha value is -2.20. The standard InChI is InChI=1S/C17H17ClN4/c1-11(2)16-17(21-20-14-7-5-4-6-13(14)18)22-9-8-12(3)10-15(22)19-16/h4-11H,1-3H3. The highest BCUT2D eigenvalue weighted by molar-refractivity contribution is 6.32. The number of azo groups is 1. The van der Waals surface area contributed by atoms with E-state index in [1.807, 2.05) is 40.9 Å². The Morgan fingerprint density at radius 3 is 2.64 bits per heavy atom. The van der Waals surface area contributed by atoms with E-state index in [4.69, 9.17) is 11.6 Å². The zero-order valence-corrected chi connectivity index (χ0v) is 13.5. The lowest BCUT2D eigenvalue weighted by Crippen LogP contribution is -1.87. The minimum Gasteiger partial charge on any atom is -0.283 e. The normalized spacial score (nSPS) is 11.9. The molecule has 3 rings (SSSR count). The molecule has 0 atom stereocenters. The van der Waals surface area contributed by atoms with Crippen LogP contribution in [0.4, 0.5) is 11.5 Å². The summed E-state index contributed by atoms with van der Waals surface area (Å²) < 4.78 is 1.96. The first-order chi connectivity index (χ1) is 10.6. The number of nitrogens with zero attached hydrogens (tertiary/aromatic N) is 4. The Bertz CT molecular complexity index is 849. The van der Waals surface area contributed by atoms with Crippen LogP contribution in [0.3, 0.4) is 0 Å². The average Bonchev–Trinajstić information content (AvgIpc) is 2.84. The molecule has 2 heterocycles. The van der Waals surface area contributed by atoms with Crippen molar-refractivity contribution in [2.24, 2.45) is 10.2 Å². The van der Waals surface area contributed by atoms with E-state index >= 15 is 0 Å². The molecule has 0 N–H and O–H groups in total. The lowest BCUT2D eigenvalue weighted by Gasteiger charge is -2.02. The van der Waals surface area contributed by atoms with Gasteiger partial charge in [-0.15, -0.1) is 10.2 Å². The third-order valence-corrected chi connectivity index (χ3v) is 3.75. The first kappa shape index (κ1) is 14.7. The number of halogens is 1. The van der Waals surface area contributed by atoms with E-state index in [0.717, 1.165) is 17.2 Å². The molecule has 112 valence electrons. The molecular weight excluding hydrogens is 296 g/mol. The zero-order valence-electron chi connectivity index (χ0n) is 12.8. The molecule has 5 heteroatoms. The van der Waals surface area contributed by atoms with Gasteiger partial charge in [0.1, 0.15) is 11.3 Å². The highest BCUT2D eigenvalue weighted by atomic mass is 35.5. The van der Waals surface area contributed by atoms with Gasteiger partial charge < -0.3 is 0 Å². The molecule has 0 amide bonds. The molecule has 0 saturated heterocycles. The maximum Gasteiger partial charge on any atom is 0.183 e. The molecule has 0 saturated carbocycles. The molecule has 0 aliphatic rings. The second-order valence-corrected chi connectivity index (χ2v) is 5.97. The van der Waals surface area contributed by atoms with Crippen molar-refractivity contribution in [3.63, 3.8) is 0 Å². The summed E-state index contributed by atoms with van der Waals surface area (Å²) in [5, 5.41) is 9.30. The van der Waals surface area contributed by atoms with Crippen LogP contribution in [0.2, 0.25) is 5.02 Å². The molecular formula is C17H17ClN4. The minimum atomic E-state index is 0.264. The maximum absolute atomic E-state index is 6.13. The fraction of sp³-hybridized carbons (Fsp3) is 0.235. The number of benzene rings is 1. The number of hydrogen-bond donors (Lipinski definition) is 0. The van der Waals surface area contributed by atoms with Crippen LogP contribution < -0.4 is 0 Å². The molecule has 0 unspecified atom stereocenters. The number of hydrogen-bond acceptors (Lipinski definition) is 3. The number of pyridine rings is 1. The van der Waals surface area contributed by atoms with Gasteiger partial charge in [0.05, 0.1) is 10.7 Å². The van der Waals surface area contributed by atoms with Gasteiger partial charge in [0.15, 0.2) is 5.82 Å². The summed E-state index contributed by atoms with van der Waals surface area (Å²) in [4.78, 5) is 4.68. The van der Waals surface area contributed by atoms with Crippen LogP contribution in [-0.2, 0) is 0 Å². The lowest BCUT2D eigenvalue weighted by atomic mass is 10.1. The summed E-state index contributed by atoms with van der Waals surface area (Å²) in [7, 11) is 0. The third kappa shape index (κ3) is 2.74. The monoisotopic (exact) mass is 312 g/mol. The van der Waals surface area contributed by atoms with Crippen molar-refractivity contribution in [3.8, 4) is 0 Å². The number of aryl methyl sites for hydroxylation is 1. The second-order valence-electron chi connectivity index (χ2n) is 5.56. The van der Waals surface area contributed by atoms with E-state index in [2.05, 4.69) is 36.0 Å². The summed E-state index contributed by atoms with van der Waals surface area (Å²) >= 11 is 6.13. The summed E-state index contributed by atoms with van der Waals surface area (Å²) in [5.74, 6) is 1.02. The van der Waals surface area contributed by atoms with E-state index < -0.39 is 0 Å². The smallest absolute Gasteiger partial charge is 0.183 e. The third-order valence-electron chi connectivity index (χ3n) is 3.43. The number of aromatic nitrogens is 2. The average molecular weight is 313 g/mol. The summed E-state index contributed by atoms with van der Waals surface area (Å²) in [5.41, 5.74) is 3.64. The zero-order chi connectivity index (χ0) is 15.7. The predicted molar refractivity (Wildman–Crippen MR) is 89.6 cm³/mol. The molecule has 3 aromatic rings. The van der Waals surface area contributed by atoms with E-state index in [1.165, 1.54) is 5.56 Å². The first-order valence-electron chi connectivity index (χ1n) is 7.21. The number of imidazole rings is 1. The van der Waals surface area contributed by atoms with Gasteiger partial charge in [0.2, 0.25) is 0 Å². The van der Waals surface area contributed by atoms with Crippen molar-refractivity contribution < 1.29 is 0 Å². The van der Waals surface area contributed by atoms with Gasteiger partial charge in [-0.3, -0.25) is 4.40 Å². The van der Waals surface area contributed by atoms with Crippen molar-refractivity contribution in [2.45, 2.75) is 26.7 Å². The molecule has 22 heavy (non-hydrogen) atoms. The largest absolute Gasteiger partial charge is 0.283 e. The van der Waals surface area contributed by atoms with Crippen molar-refractivity contribution in [1.82, 2.24) is 9.38 Å². The molecule has 0 spiro atoms. The van der Waals surface area contributed by atoms with Crippen molar-refractivity contribution in [2.75, 3.05) is 0 Å². The van der Waals surface area contributed by atoms with Crippen LogP contribution in [0.1, 0.15) is 31.0 Å². The van der Waals surface area contributed by atoms with E-state index in [9.17, 15) is 0 Å². The van der Waals surface area contributed by atoms with Crippen LogP contribution in [0.5, 0.6) is 0 Å². The number of rotatable bonds is 3. The van der Waals surface area contributed by atoms with Crippen LogP contribution in [0, 0.1) is 6.92 Å². The van der Waals surface area contributed by atoms with E-state index in [-0.39, 0.29) is 5.92 Å². The van der Waals surface area contributed by atoms with Gasteiger partial charge in [-0.1, -0.05) is 37.6 Å². The highest BCUT2D eigenvalue weighted by Gasteiger charge is 2.15. The van der Waals surface area contributed by atoms with Gasteiger partial charge in [-0.25, -0.2) is 4.98 Å². The predicted octanol–water partition coefficient (Wildman–Crippen LogP) is 5.83.